The van der Waals surface area contributed by atoms with Gasteiger partial charge in [-0.3, -0.25) is 9.59 Å². The van der Waals surface area contributed by atoms with Crippen molar-refractivity contribution >= 4 is 11.9 Å². The number of carbonyl (C=O) groups is 2. The fraction of sp³-hybridized carbons (Fsp3) is 0.930. The summed E-state index contributed by atoms with van der Waals surface area (Å²) in [5.74, 6) is -0.0349. The lowest BCUT2D eigenvalue weighted by atomic mass is 10.0. The summed E-state index contributed by atoms with van der Waals surface area (Å²) in [5, 5.41) is 23.2. The first-order valence-electron chi connectivity index (χ1n) is 28.4. The van der Waals surface area contributed by atoms with Crippen LogP contribution in [0.1, 0.15) is 316 Å². The van der Waals surface area contributed by atoms with E-state index in [1.165, 1.54) is 244 Å². The van der Waals surface area contributed by atoms with Crippen LogP contribution in [0.15, 0.2) is 12.2 Å². The molecule has 0 bridgehead atoms. The summed E-state index contributed by atoms with van der Waals surface area (Å²) in [5.41, 5.74) is 0. The van der Waals surface area contributed by atoms with Gasteiger partial charge in [-0.25, -0.2) is 0 Å². The lowest BCUT2D eigenvalue weighted by Crippen LogP contribution is -2.45. The van der Waals surface area contributed by atoms with Crippen LogP contribution < -0.4 is 5.32 Å². The molecule has 2 unspecified atom stereocenters. The van der Waals surface area contributed by atoms with Gasteiger partial charge in [0.05, 0.1) is 25.4 Å². The van der Waals surface area contributed by atoms with Crippen molar-refractivity contribution in [2.24, 2.45) is 0 Å². The molecule has 0 aliphatic heterocycles. The van der Waals surface area contributed by atoms with Crippen molar-refractivity contribution in [3.63, 3.8) is 0 Å². The number of nitrogens with one attached hydrogen (secondary N) is 1. The number of aliphatic hydroxyl groups is 2. The molecule has 0 spiro atoms. The number of carbonyl (C=O) groups excluding carboxylic acids is 2. The van der Waals surface area contributed by atoms with E-state index in [0.29, 0.717) is 25.9 Å². The molecule has 0 aromatic heterocycles. The van der Waals surface area contributed by atoms with Crippen LogP contribution in [0, 0.1) is 0 Å². The van der Waals surface area contributed by atoms with Gasteiger partial charge in [-0.2, -0.15) is 0 Å². The zero-order valence-corrected chi connectivity index (χ0v) is 42.6. The van der Waals surface area contributed by atoms with E-state index in [9.17, 15) is 19.8 Å². The number of rotatable bonds is 53. The Bertz CT molecular complexity index is 939. The van der Waals surface area contributed by atoms with Crippen molar-refractivity contribution in [3.05, 3.63) is 12.2 Å². The minimum atomic E-state index is -0.668. The summed E-state index contributed by atoms with van der Waals surface area (Å²) in [7, 11) is 0. The summed E-state index contributed by atoms with van der Waals surface area (Å²) < 4.78 is 5.46. The van der Waals surface area contributed by atoms with Crippen molar-refractivity contribution in [1.29, 1.82) is 0 Å². The molecule has 1 amide bonds. The summed E-state index contributed by atoms with van der Waals surface area (Å²) in [6.45, 7) is 4.95. The van der Waals surface area contributed by atoms with Crippen LogP contribution in [0.25, 0.3) is 0 Å². The van der Waals surface area contributed by atoms with E-state index in [0.717, 1.165) is 38.5 Å². The Hall–Kier alpha value is -1.40. The monoisotopic (exact) mass is 890 g/mol. The second-order valence-corrected chi connectivity index (χ2v) is 19.6. The number of aliphatic hydroxyl groups excluding tert-OH is 2. The van der Waals surface area contributed by atoms with E-state index in [2.05, 4.69) is 31.3 Å². The summed E-state index contributed by atoms with van der Waals surface area (Å²) in [6, 6.07) is -0.546. The van der Waals surface area contributed by atoms with Crippen LogP contribution in [0.5, 0.6) is 0 Å². The maximum Gasteiger partial charge on any atom is 0.305 e. The van der Waals surface area contributed by atoms with E-state index in [-0.39, 0.29) is 18.5 Å². The predicted molar refractivity (Wildman–Crippen MR) is 273 cm³/mol. The highest BCUT2D eigenvalue weighted by molar-refractivity contribution is 5.76. The fourth-order valence-electron chi connectivity index (χ4n) is 8.93. The number of hydrogen-bond acceptors (Lipinski definition) is 5. The summed E-state index contributed by atoms with van der Waals surface area (Å²) in [6.07, 6.45) is 62.0. The minimum Gasteiger partial charge on any atom is -0.466 e. The van der Waals surface area contributed by atoms with Gasteiger partial charge in [0.1, 0.15) is 0 Å². The van der Waals surface area contributed by atoms with Gasteiger partial charge >= 0.3 is 5.97 Å². The van der Waals surface area contributed by atoms with E-state index >= 15 is 0 Å². The van der Waals surface area contributed by atoms with Crippen molar-refractivity contribution in [2.75, 3.05) is 13.2 Å². The third-order valence-corrected chi connectivity index (χ3v) is 13.3. The van der Waals surface area contributed by atoms with Crippen LogP contribution in [0.4, 0.5) is 0 Å². The van der Waals surface area contributed by atoms with Gasteiger partial charge in [0.2, 0.25) is 5.91 Å². The molecule has 2 atom stereocenters. The number of unbranched alkanes of at least 4 members (excludes halogenated alkanes) is 40. The lowest BCUT2D eigenvalue weighted by molar-refractivity contribution is -0.143. The van der Waals surface area contributed by atoms with Crippen LogP contribution in [0.2, 0.25) is 0 Å². The van der Waals surface area contributed by atoms with Crippen LogP contribution >= 0.6 is 0 Å². The number of amides is 1. The Morgan fingerprint density at radius 2 is 0.746 bits per heavy atom. The molecule has 3 N–H and O–H groups in total. The lowest BCUT2D eigenvalue weighted by Gasteiger charge is -2.22. The van der Waals surface area contributed by atoms with Crippen LogP contribution in [-0.2, 0) is 14.3 Å². The van der Waals surface area contributed by atoms with Crippen molar-refractivity contribution in [3.8, 4) is 0 Å². The van der Waals surface area contributed by atoms with Gasteiger partial charge in [0.25, 0.3) is 0 Å². The summed E-state index contributed by atoms with van der Waals surface area (Å²) in [4.78, 5) is 24.5. The van der Waals surface area contributed by atoms with E-state index in [4.69, 9.17) is 4.74 Å². The molecule has 0 saturated carbocycles. The first-order valence-corrected chi connectivity index (χ1v) is 28.4. The van der Waals surface area contributed by atoms with Gasteiger partial charge in [-0.05, 0) is 51.4 Å². The molecule has 0 saturated heterocycles. The fourth-order valence-corrected chi connectivity index (χ4v) is 8.93. The Labute approximate surface area is 393 Å². The molecule has 0 aromatic carbocycles. The second kappa shape index (κ2) is 53.2. The Balaban J connectivity index is 3.42. The smallest absolute Gasteiger partial charge is 0.305 e. The number of esters is 1. The minimum absolute atomic E-state index is 0.00728. The third-order valence-electron chi connectivity index (χ3n) is 13.3. The average Bonchev–Trinajstić information content (AvgIpc) is 3.28. The van der Waals surface area contributed by atoms with Crippen molar-refractivity contribution < 1.29 is 24.5 Å². The number of allylic oxidation sites excluding steroid dienone is 2. The molecule has 6 heteroatoms. The Morgan fingerprint density at radius 3 is 1.13 bits per heavy atom. The van der Waals surface area contributed by atoms with Crippen molar-refractivity contribution in [1.82, 2.24) is 5.32 Å². The number of ether oxygens (including phenoxy) is 1. The topological polar surface area (TPSA) is 95.9 Å². The molecule has 0 aliphatic carbocycles. The molecule has 63 heavy (non-hydrogen) atoms. The maximum atomic E-state index is 12.5. The van der Waals surface area contributed by atoms with Gasteiger partial charge in [-0.15, -0.1) is 0 Å². The highest BCUT2D eigenvalue weighted by Gasteiger charge is 2.20. The SMILES string of the molecule is CCCCCCCCCCCCCCCCC(O)C(CO)NC(=O)CCCCCCCCC/C=C\CCCCCCCCCCCOC(=O)CCCCCCCCCCCCCC. The molecule has 0 rings (SSSR count). The second-order valence-electron chi connectivity index (χ2n) is 19.6. The molecule has 0 aliphatic rings. The van der Waals surface area contributed by atoms with E-state index in [1.54, 1.807) is 0 Å². The third kappa shape index (κ3) is 49.9. The average molecular weight is 891 g/mol. The normalized spacial score (nSPS) is 12.6. The van der Waals surface area contributed by atoms with Crippen LogP contribution in [-0.4, -0.2) is 47.4 Å². The van der Waals surface area contributed by atoms with Crippen LogP contribution in [0.3, 0.4) is 0 Å². The largest absolute Gasteiger partial charge is 0.466 e. The molecular formula is C57H111NO5. The highest BCUT2D eigenvalue weighted by atomic mass is 16.5. The van der Waals surface area contributed by atoms with Gasteiger partial charge in [-0.1, -0.05) is 264 Å². The molecular weight excluding hydrogens is 779 g/mol. The zero-order chi connectivity index (χ0) is 45.8. The molecule has 0 aromatic rings. The highest BCUT2D eigenvalue weighted by Crippen LogP contribution is 2.17. The molecule has 0 heterocycles. The van der Waals surface area contributed by atoms with Crippen molar-refractivity contribution in [2.45, 2.75) is 328 Å². The molecule has 6 nitrogen and oxygen atoms in total. The molecule has 374 valence electrons. The first kappa shape index (κ1) is 61.6. The van der Waals surface area contributed by atoms with E-state index in [1.807, 2.05) is 0 Å². The quantitative estimate of drug-likeness (QED) is 0.0321. The molecule has 0 fully saturated rings. The predicted octanol–water partition coefficient (Wildman–Crippen LogP) is 17.3. The van der Waals surface area contributed by atoms with Gasteiger partial charge in [0.15, 0.2) is 0 Å². The van der Waals surface area contributed by atoms with Gasteiger partial charge < -0.3 is 20.3 Å². The maximum absolute atomic E-state index is 12.5. The first-order chi connectivity index (χ1) is 31.0. The zero-order valence-electron chi connectivity index (χ0n) is 42.6. The number of hydrogen-bond donors (Lipinski definition) is 3. The molecule has 0 radical (unpaired) electrons. The Morgan fingerprint density at radius 1 is 0.429 bits per heavy atom. The Kier molecular flexibility index (Phi) is 52.0. The van der Waals surface area contributed by atoms with Gasteiger partial charge in [0, 0.05) is 12.8 Å². The summed E-state index contributed by atoms with van der Waals surface area (Å²) >= 11 is 0. The van der Waals surface area contributed by atoms with E-state index < -0.39 is 12.1 Å². The standard InChI is InChI=1S/C57H111NO5/c1-3-5-7-9-11-13-15-17-26-29-33-37-41-45-49-55(60)54(53-59)58-56(61)50-46-42-38-34-30-27-24-22-20-18-19-21-23-25-28-32-36-40-44-48-52-63-57(62)51-47-43-39-35-31-16-14-12-10-8-6-4-2/h18,20,54-55,59-60H,3-17,19,21-53H2,1-2H3,(H,58,61)/b20-18-.